The lowest BCUT2D eigenvalue weighted by molar-refractivity contribution is -0.141. The van der Waals surface area contributed by atoms with Gasteiger partial charge in [0.05, 0.1) is 19.1 Å². The van der Waals surface area contributed by atoms with Gasteiger partial charge in [0, 0.05) is 19.2 Å². The third-order valence-corrected chi connectivity index (χ3v) is 3.56. The number of ether oxygens (including phenoxy) is 2. The van der Waals surface area contributed by atoms with Gasteiger partial charge < -0.3 is 19.5 Å². The fraction of sp³-hybridized carbons (Fsp3) is 0.556. The zero-order chi connectivity index (χ0) is 18.1. The number of hydrogen-bond donors (Lipinski definition) is 1. The number of aliphatic carboxylic acids is 1. The van der Waals surface area contributed by atoms with Crippen LogP contribution in [0, 0.1) is 5.92 Å². The molecule has 1 aromatic carbocycles. The van der Waals surface area contributed by atoms with Crippen molar-refractivity contribution in [1.82, 2.24) is 4.90 Å². The van der Waals surface area contributed by atoms with Crippen molar-refractivity contribution in [3.63, 3.8) is 0 Å². The second-order valence-electron chi connectivity index (χ2n) is 5.72. The molecule has 0 aliphatic carbocycles. The lowest BCUT2D eigenvalue weighted by Gasteiger charge is -2.20. The van der Waals surface area contributed by atoms with Crippen LogP contribution in [-0.2, 0) is 4.79 Å². The van der Waals surface area contributed by atoms with E-state index in [4.69, 9.17) is 14.6 Å². The van der Waals surface area contributed by atoms with E-state index in [0.29, 0.717) is 30.3 Å². The van der Waals surface area contributed by atoms with Crippen molar-refractivity contribution in [2.24, 2.45) is 5.92 Å². The zero-order valence-electron chi connectivity index (χ0n) is 14.9. The molecule has 0 heterocycles. The molecule has 0 fully saturated rings. The molecule has 1 amide bonds. The predicted molar refractivity (Wildman–Crippen MR) is 91.8 cm³/mol. The molecule has 0 aliphatic rings. The molecule has 0 saturated heterocycles. The van der Waals surface area contributed by atoms with Crippen molar-refractivity contribution < 1.29 is 24.2 Å². The van der Waals surface area contributed by atoms with Gasteiger partial charge in [0.1, 0.15) is 0 Å². The summed E-state index contributed by atoms with van der Waals surface area (Å²) in [5, 5.41) is 8.96. The largest absolute Gasteiger partial charge is 0.490 e. The van der Waals surface area contributed by atoms with Gasteiger partial charge in [0.15, 0.2) is 11.5 Å². The molecule has 0 aromatic heterocycles. The number of rotatable bonds is 10. The topological polar surface area (TPSA) is 76.1 Å². The Kier molecular flexibility index (Phi) is 8.09. The highest BCUT2D eigenvalue weighted by molar-refractivity contribution is 5.95. The van der Waals surface area contributed by atoms with Crippen molar-refractivity contribution in [2.75, 3.05) is 26.8 Å². The molecule has 134 valence electrons. The van der Waals surface area contributed by atoms with Crippen LogP contribution in [0.5, 0.6) is 11.5 Å². The summed E-state index contributed by atoms with van der Waals surface area (Å²) in [4.78, 5) is 24.8. The van der Waals surface area contributed by atoms with Crippen molar-refractivity contribution in [1.29, 1.82) is 0 Å². The van der Waals surface area contributed by atoms with E-state index < -0.39 is 11.9 Å². The first-order valence-corrected chi connectivity index (χ1v) is 8.28. The predicted octanol–water partition coefficient (Wildman–Crippen LogP) is 3.06. The molecule has 1 atom stereocenters. The van der Waals surface area contributed by atoms with Gasteiger partial charge in [-0.1, -0.05) is 20.3 Å². The zero-order valence-corrected chi connectivity index (χ0v) is 14.9. The summed E-state index contributed by atoms with van der Waals surface area (Å²) in [7, 11) is 1.59. The summed E-state index contributed by atoms with van der Waals surface area (Å²) in [6.45, 7) is 6.73. The summed E-state index contributed by atoms with van der Waals surface area (Å²) in [5.74, 6) is -0.655. The number of carbonyl (C=O) groups is 2. The van der Waals surface area contributed by atoms with E-state index in [0.717, 1.165) is 12.8 Å². The quantitative estimate of drug-likeness (QED) is 0.664. The van der Waals surface area contributed by atoms with Crippen molar-refractivity contribution in [3.05, 3.63) is 23.8 Å². The maximum Gasteiger partial charge on any atom is 0.308 e. The summed E-state index contributed by atoms with van der Waals surface area (Å²) >= 11 is 0. The molecule has 6 heteroatoms. The Hall–Kier alpha value is -2.24. The normalized spacial score (nSPS) is 11.7. The summed E-state index contributed by atoms with van der Waals surface area (Å²) in [5.41, 5.74) is 0.446. The Bertz CT molecular complexity index is 558. The minimum absolute atomic E-state index is 0.146. The molecule has 6 nitrogen and oxygen atoms in total. The van der Waals surface area contributed by atoms with Crippen LogP contribution in [0.2, 0.25) is 0 Å². The van der Waals surface area contributed by atoms with Crippen molar-refractivity contribution in [2.45, 2.75) is 33.6 Å². The van der Waals surface area contributed by atoms with E-state index in [1.807, 2.05) is 6.92 Å². The summed E-state index contributed by atoms with van der Waals surface area (Å²) < 4.78 is 11.3. The van der Waals surface area contributed by atoms with Gasteiger partial charge in [-0.15, -0.1) is 0 Å². The highest BCUT2D eigenvalue weighted by atomic mass is 16.5. The van der Waals surface area contributed by atoms with Crippen molar-refractivity contribution >= 4 is 11.9 Å². The molecule has 24 heavy (non-hydrogen) atoms. The minimum atomic E-state index is -0.927. The van der Waals surface area contributed by atoms with Gasteiger partial charge in [0.25, 0.3) is 5.91 Å². The van der Waals surface area contributed by atoms with E-state index in [1.165, 1.54) is 4.90 Å². The van der Waals surface area contributed by atoms with Crippen LogP contribution in [0.3, 0.4) is 0 Å². The molecule has 0 bridgehead atoms. The number of carboxylic acid groups (broad SMARTS) is 1. The van der Waals surface area contributed by atoms with E-state index in [9.17, 15) is 9.59 Å². The number of unbranched alkanes of at least 4 members (excludes halogenated alkanes) is 1. The van der Waals surface area contributed by atoms with Crippen LogP contribution >= 0.6 is 0 Å². The molecule has 1 rings (SSSR count). The summed E-state index contributed by atoms with van der Waals surface area (Å²) in [6, 6.07) is 5.05. The second kappa shape index (κ2) is 9.80. The third-order valence-electron chi connectivity index (χ3n) is 3.56. The molecule has 0 saturated carbocycles. The molecule has 0 radical (unpaired) electrons. The molecule has 1 aromatic rings. The summed E-state index contributed by atoms with van der Waals surface area (Å²) in [6.07, 6.45) is 1.98. The maximum atomic E-state index is 12.5. The van der Waals surface area contributed by atoms with Crippen LogP contribution in [0.15, 0.2) is 18.2 Å². The Labute approximate surface area is 143 Å². The fourth-order valence-electron chi connectivity index (χ4n) is 2.15. The molecular formula is C18H27NO5. The lowest BCUT2D eigenvalue weighted by atomic mass is 10.1. The average molecular weight is 337 g/mol. The van der Waals surface area contributed by atoms with Crippen LogP contribution in [-0.4, -0.2) is 48.7 Å². The Balaban J connectivity index is 2.88. The molecule has 1 unspecified atom stereocenters. The Morgan fingerprint density at radius 1 is 1.21 bits per heavy atom. The number of carboxylic acids is 1. The van der Waals surface area contributed by atoms with Crippen LogP contribution in [0.4, 0.5) is 0 Å². The van der Waals surface area contributed by atoms with Crippen LogP contribution in [0.25, 0.3) is 0 Å². The first-order chi connectivity index (χ1) is 11.4. The molecular weight excluding hydrogens is 310 g/mol. The number of nitrogens with zero attached hydrogens (tertiary/aromatic N) is 1. The Morgan fingerprint density at radius 3 is 2.50 bits per heavy atom. The minimum Gasteiger partial charge on any atom is -0.490 e. The van der Waals surface area contributed by atoms with E-state index >= 15 is 0 Å². The number of amides is 1. The molecule has 0 aliphatic heterocycles. The van der Waals surface area contributed by atoms with Crippen LogP contribution in [0.1, 0.15) is 44.0 Å². The number of benzene rings is 1. The van der Waals surface area contributed by atoms with Gasteiger partial charge in [-0.05, 0) is 31.5 Å². The highest BCUT2D eigenvalue weighted by Crippen LogP contribution is 2.29. The first kappa shape index (κ1) is 19.8. The molecule has 0 spiro atoms. The maximum absolute atomic E-state index is 12.5. The van der Waals surface area contributed by atoms with Gasteiger partial charge in [-0.3, -0.25) is 9.59 Å². The van der Waals surface area contributed by atoms with Crippen LogP contribution < -0.4 is 9.47 Å². The number of carbonyl (C=O) groups excluding carboxylic acids is 1. The van der Waals surface area contributed by atoms with Crippen molar-refractivity contribution in [3.8, 4) is 11.5 Å². The SMILES string of the molecule is CCCCOc1ccc(C(=O)N(C)CC(C)C(=O)O)cc1OCC. The Morgan fingerprint density at radius 2 is 1.92 bits per heavy atom. The third kappa shape index (κ3) is 5.76. The first-order valence-electron chi connectivity index (χ1n) is 8.28. The monoisotopic (exact) mass is 337 g/mol. The van der Waals surface area contributed by atoms with Gasteiger partial charge >= 0.3 is 5.97 Å². The second-order valence-corrected chi connectivity index (χ2v) is 5.72. The van der Waals surface area contributed by atoms with Gasteiger partial charge in [-0.2, -0.15) is 0 Å². The van der Waals surface area contributed by atoms with Gasteiger partial charge in [-0.25, -0.2) is 0 Å². The fourth-order valence-corrected chi connectivity index (χ4v) is 2.15. The van der Waals surface area contributed by atoms with E-state index in [2.05, 4.69) is 6.92 Å². The average Bonchev–Trinajstić information content (AvgIpc) is 2.55. The highest BCUT2D eigenvalue weighted by Gasteiger charge is 2.20. The smallest absolute Gasteiger partial charge is 0.308 e. The van der Waals surface area contributed by atoms with Gasteiger partial charge in [0.2, 0.25) is 0 Å². The van der Waals surface area contributed by atoms with E-state index in [-0.39, 0.29) is 12.5 Å². The number of hydrogen-bond acceptors (Lipinski definition) is 4. The molecule has 1 N–H and O–H groups in total. The van der Waals surface area contributed by atoms with E-state index in [1.54, 1.807) is 32.2 Å². The standard InChI is InChI=1S/C18H27NO5/c1-5-7-10-24-15-9-8-14(11-16(15)23-6-2)17(20)19(4)12-13(3)18(21)22/h8-9,11,13H,5-7,10,12H2,1-4H3,(H,21,22). The lowest BCUT2D eigenvalue weighted by Crippen LogP contribution is -2.33.